The van der Waals surface area contributed by atoms with Gasteiger partial charge < -0.3 is 0 Å². The first kappa shape index (κ1) is 15.2. The van der Waals surface area contributed by atoms with Crippen molar-refractivity contribution in [3.05, 3.63) is 70.8 Å². The van der Waals surface area contributed by atoms with Crippen molar-refractivity contribution in [2.75, 3.05) is 7.05 Å². The molecule has 1 amide bonds. The third-order valence-electron chi connectivity index (χ3n) is 3.35. The van der Waals surface area contributed by atoms with Gasteiger partial charge in [0.15, 0.2) is 0 Å². The van der Waals surface area contributed by atoms with E-state index in [0.29, 0.717) is 5.56 Å². The lowest BCUT2D eigenvalue weighted by Crippen LogP contribution is -2.30. The summed E-state index contributed by atoms with van der Waals surface area (Å²) in [6.45, 7) is 3.73. The van der Waals surface area contributed by atoms with Gasteiger partial charge in [-0.25, -0.2) is 5.84 Å². The van der Waals surface area contributed by atoms with Gasteiger partial charge in [-0.05, 0) is 37.2 Å². The number of aryl methyl sites for hydroxylation is 1. The topological polar surface area (TPSA) is 58.4 Å². The Morgan fingerprint density at radius 1 is 1.10 bits per heavy atom. The van der Waals surface area contributed by atoms with Gasteiger partial charge in [-0.2, -0.15) is 0 Å². The quantitative estimate of drug-likeness (QED) is 0.502. The van der Waals surface area contributed by atoms with Gasteiger partial charge in [0.05, 0.1) is 0 Å². The fourth-order valence-electron chi connectivity index (χ4n) is 2.27. The van der Waals surface area contributed by atoms with E-state index < -0.39 is 0 Å². The minimum atomic E-state index is -0.266. The number of hydrogen-bond acceptors (Lipinski definition) is 3. The van der Waals surface area contributed by atoms with Gasteiger partial charge in [0.1, 0.15) is 0 Å². The summed E-state index contributed by atoms with van der Waals surface area (Å²) in [6, 6.07) is 16.0. The Morgan fingerprint density at radius 3 is 2.43 bits per heavy atom. The highest BCUT2D eigenvalue weighted by Gasteiger charge is 2.06. The zero-order chi connectivity index (χ0) is 15.2. The number of amides is 1. The number of nitrogens with two attached hydrogens (primary N) is 1. The van der Waals surface area contributed by atoms with Crippen LogP contribution in [0.5, 0.6) is 0 Å². The molecule has 0 aliphatic heterocycles. The Hall–Kier alpha value is -2.17. The lowest BCUT2D eigenvalue weighted by atomic mass is 10.1. The van der Waals surface area contributed by atoms with Crippen LogP contribution < -0.4 is 11.3 Å². The van der Waals surface area contributed by atoms with Crippen molar-refractivity contribution in [2.45, 2.75) is 20.0 Å². The van der Waals surface area contributed by atoms with Crippen LogP contribution in [0.2, 0.25) is 0 Å². The van der Waals surface area contributed by atoms with Gasteiger partial charge in [-0.1, -0.05) is 42.0 Å². The van der Waals surface area contributed by atoms with Crippen LogP contribution in [0.3, 0.4) is 0 Å². The largest absolute Gasteiger partial charge is 0.298 e. The molecular formula is C17H21N3O. The number of nitrogens with zero attached hydrogens (tertiary/aromatic N) is 1. The fourth-order valence-corrected chi connectivity index (χ4v) is 2.27. The van der Waals surface area contributed by atoms with E-state index in [1.165, 1.54) is 11.1 Å². The molecule has 21 heavy (non-hydrogen) atoms. The van der Waals surface area contributed by atoms with Crippen LogP contribution in [0.25, 0.3) is 0 Å². The second-order valence-corrected chi connectivity index (χ2v) is 5.33. The van der Waals surface area contributed by atoms with Gasteiger partial charge in [-0.3, -0.25) is 15.1 Å². The molecule has 0 spiro atoms. The molecule has 0 saturated heterocycles. The summed E-state index contributed by atoms with van der Waals surface area (Å²) in [5, 5.41) is 0. The second kappa shape index (κ2) is 7.02. The molecule has 0 atom stereocenters. The molecule has 4 heteroatoms. The van der Waals surface area contributed by atoms with E-state index in [-0.39, 0.29) is 5.91 Å². The van der Waals surface area contributed by atoms with Crippen LogP contribution in [0.1, 0.15) is 27.0 Å². The van der Waals surface area contributed by atoms with E-state index in [1.54, 1.807) is 6.07 Å². The summed E-state index contributed by atoms with van der Waals surface area (Å²) >= 11 is 0. The molecule has 0 saturated carbocycles. The molecule has 0 heterocycles. The summed E-state index contributed by atoms with van der Waals surface area (Å²) in [5.74, 6) is 4.89. The van der Waals surface area contributed by atoms with Crippen LogP contribution >= 0.6 is 0 Å². The van der Waals surface area contributed by atoms with E-state index >= 15 is 0 Å². The molecule has 0 radical (unpaired) electrons. The number of hydrogen-bond donors (Lipinski definition) is 2. The highest BCUT2D eigenvalue weighted by atomic mass is 16.2. The van der Waals surface area contributed by atoms with Gasteiger partial charge in [0.2, 0.25) is 0 Å². The minimum Gasteiger partial charge on any atom is -0.298 e. The maximum Gasteiger partial charge on any atom is 0.265 e. The first-order valence-electron chi connectivity index (χ1n) is 6.92. The van der Waals surface area contributed by atoms with Crippen LogP contribution in [0, 0.1) is 6.92 Å². The van der Waals surface area contributed by atoms with Gasteiger partial charge in [0.25, 0.3) is 5.91 Å². The number of rotatable bonds is 5. The molecule has 0 aliphatic rings. The van der Waals surface area contributed by atoms with Crippen molar-refractivity contribution < 1.29 is 4.79 Å². The standard InChI is InChI=1S/C17H21N3O/c1-13-6-8-14(9-7-13)11-20(2)12-15-4-3-5-16(10-15)17(21)19-18/h3-10H,11-12,18H2,1-2H3,(H,19,21). The molecule has 0 unspecified atom stereocenters. The zero-order valence-electron chi connectivity index (χ0n) is 12.5. The van der Waals surface area contributed by atoms with Crippen LogP contribution in [-0.2, 0) is 13.1 Å². The van der Waals surface area contributed by atoms with E-state index in [1.807, 2.05) is 18.2 Å². The van der Waals surface area contributed by atoms with Crippen molar-refractivity contribution in [1.29, 1.82) is 0 Å². The van der Waals surface area contributed by atoms with Crippen molar-refractivity contribution in [3.63, 3.8) is 0 Å². The van der Waals surface area contributed by atoms with Crippen LogP contribution in [0.15, 0.2) is 48.5 Å². The number of hydrazine groups is 1. The average molecular weight is 283 g/mol. The summed E-state index contributed by atoms with van der Waals surface area (Å²) < 4.78 is 0. The third kappa shape index (κ3) is 4.41. The normalized spacial score (nSPS) is 10.7. The first-order valence-corrected chi connectivity index (χ1v) is 6.92. The number of carbonyl (C=O) groups excluding carboxylic acids is 1. The lowest BCUT2D eigenvalue weighted by molar-refractivity contribution is 0.0953. The summed E-state index contributed by atoms with van der Waals surface area (Å²) in [4.78, 5) is 13.7. The van der Waals surface area contributed by atoms with Gasteiger partial charge >= 0.3 is 0 Å². The number of nitrogen functional groups attached to an aromatic ring is 1. The van der Waals surface area contributed by atoms with Crippen molar-refractivity contribution in [2.24, 2.45) is 5.84 Å². The van der Waals surface area contributed by atoms with E-state index in [9.17, 15) is 4.79 Å². The maximum atomic E-state index is 11.5. The molecule has 0 aliphatic carbocycles. The van der Waals surface area contributed by atoms with E-state index in [0.717, 1.165) is 18.7 Å². The Morgan fingerprint density at radius 2 is 1.76 bits per heavy atom. The Bertz CT molecular complexity index is 608. The maximum absolute atomic E-state index is 11.5. The first-order chi connectivity index (χ1) is 10.1. The highest BCUT2D eigenvalue weighted by Crippen LogP contribution is 2.11. The van der Waals surface area contributed by atoms with Crippen molar-refractivity contribution >= 4 is 5.91 Å². The monoisotopic (exact) mass is 283 g/mol. The zero-order valence-corrected chi connectivity index (χ0v) is 12.5. The van der Waals surface area contributed by atoms with E-state index in [2.05, 4.69) is 48.6 Å². The Balaban J connectivity index is 2.00. The second-order valence-electron chi connectivity index (χ2n) is 5.33. The molecule has 2 rings (SSSR count). The van der Waals surface area contributed by atoms with Gasteiger partial charge in [0, 0.05) is 18.7 Å². The minimum absolute atomic E-state index is 0.266. The average Bonchev–Trinajstić information content (AvgIpc) is 2.49. The van der Waals surface area contributed by atoms with Crippen LogP contribution in [0.4, 0.5) is 0 Å². The SMILES string of the molecule is Cc1ccc(CN(C)Cc2cccc(C(=O)NN)c2)cc1. The highest BCUT2D eigenvalue weighted by molar-refractivity contribution is 5.93. The molecule has 110 valence electrons. The third-order valence-corrected chi connectivity index (χ3v) is 3.35. The smallest absolute Gasteiger partial charge is 0.265 e. The fraction of sp³-hybridized carbons (Fsp3) is 0.235. The number of benzene rings is 2. The predicted octanol–water partition coefficient (Wildman–Crippen LogP) is 2.23. The van der Waals surface area contributed by atoms with Gasteiger partial charge in [-0.15, -0.1) is 0 Å². The molecule has 2 aromatic carbocycles. The summed E-state index contributed by atoms with van der Waals surface area (Å²) in [5.41, 5.74) is 6.37. The molecule has 4 nitrogen and oxygen atoms in total. The molecule has 0 aromatic heterocycles. The Kier molecular flexibility index (Phi) is 5.09. The predicted molar refractivity (Wildman–Crippen MR) is 84.4 cm³/mol. The number of nitrogens with one attached hydrogen (secondary N) is 1. The number of carbonyl (C=O) groups is 1. The van der Waals surface area contributed by atoms with Crippen molar-refractivity contribution in [1.82, 2.24) is 10.3 Å². The molecule has 3 N–H and O–H groups in total. The Labute approximate surface area is 125 Å². The molecule has 0 bridgehead atoms. The summed E-state index contributed by atoms with van der Waals surface area (Å²) in [6.07, 6.45) is 0. The van der Waals surface area contributed by atoms with E-state index in [4.69, 9.17) is 5.84 Å². The van der Waals surface area contributed by atoms with Crippen LogP contribution in [-0.4, -0.2) is 17.9 Å². The molecule has 2 aromatic rings. The molecular weight excluding hydrogens is 262 g/mol. The van der Waals surface area contributed by atoms with Crippen molar-refractivity contribution in [3.8, 4) is 0 Å². The lowest BCUT2D eigenvalue weighted by Gasteiger charge is -2.17. The molecule has 0 fully saturated rings. The summed E-state index contributed by atoms with van der Waals surface area (Å²) in [7, 11) is 2.07.